The molecule has 0 aliphatic heterocycles. The van der Waals surface area contributed by atoms with Crippen molar-refractivity contribution in [3.63, 3.8) is 0 Å². The molecule has 12 heteroatoms. The van der Waals surface area contributed by atoms with Crippen LogP contribution in [0.2, 0.25) is 0 Å². The largest absolute Gasteiger partial charge is 0.322 e. The van der Waals surface area contributed by atoms with E-state index in [-0.39, 0.29) is 9.90 Å². The first-order valence-corrected chi connectivity index (χ1v) is 10.1. The third-order valence-electron chi connectivity index (χ3n) is 3.56. The van der Waals surface area contributed by atoms with Crippen LogP contribution < -0.4 is 10.0 Å². The standard InChI is InChI=1S/C15H15FN6O3S2/c1-9(19-27(24,25)14-4-3-7-26-14)15(23)17-13-8-11(5-6-12(13)16)22-10(2)18-20-21-22/h3-9,19H,1-2H3,(H,17,23). The number of sulfonamides is 1. The molecule has 1 aromatic carbocycles. The highest BCUT2D eigenvalue weighted by Crippen LogP contribution is 2.20. The zero-order chi connectivity index (χ0) is 19.6. The second kappa shape index (κ2) is 7.50. The Hall–Kier alpha value is -2.70. The Balaban J connectivity index is 1.76. The topological polar surface area (TPSA) is 119 Å². The Bertz CT molecular complexity index is 1070. The first-order valence-electron chi connectivity index (χ1n) is 7.69. The van der Waals surface area contributed by atoms with Gasteiger partial charge in [0.25, 0.3) is 10.0 Å². The summed E-state index contributed by atoms with van der Waals surface area (Å²) in [6, 6.07) is 5.87. The fraction of sp³-hybridized carbons (Fsp3) is 0.200. The van der Waals surface area contributed by atoms with E-state index in [2.05, 4.69) is 25.6 Å². The van der Waals surface area contributed by atoms with Gasteiger partial charge in [0.05, 0.1) is 17.4 Å². The molecule has 1 unspecified atom stereocenters. The maximum absolute atomic E-state index is 14.1. The minimum absolute atomic E-state index is 0.0875. The van der Waals surface area contributed by atoms with Gasteiger partial charge in [-0.05, 0) is 53.9 Å². The smallest absolute Gasteiger partial charge is 0.250 e. The first kappa shape index (κ1) is 19.1. The summed E-state index contributed by atoms with van der Waals surface area (Å²) < 4.78 is 42.2. The van der Waals surface area contributed by atoms with Crippen molar-refractivity contribution in [2.24, 2.45) is 0 Å². The number of anilines is 1. The van der Waals surface area contributed by atoms with Gasteiger partial charge in [-0.15, -0.1) is 16.4 Å². The number of aromatic nitrogens is 4. The molecule has 2 heterocycles. The summed E-state index contributed by atoms with van der Waals surface area (Å²) in [5, 5.41) is 15.0. The summed E-state index contributed by atoms with van der Waals surface area (Å²) in [6.45, 7) is 3.04. The molecule has 2 aromatic heterocycles. The van der Waals surface area contributed by atoms with Gasteiger partial charge < -0.3 is 5.32 Å². The molecule has 0 fully saturated rings. The van der Waals surface area contributed by atoms with Crippen LogP contribution in [0.25, 0.3) is 5.69 Å². The normalized spacial score (nSPS) is 12.7. The van der Waals surface area contributed by atoms with Crippen molar-refractivity contribution in [2.75, 3.05) is 5.32 Å². The molecule has 27 heavy (non-hydrogen) atoms. The van der Waals surface area contributed by atoms with Crippen LogP contribution in [0.15, 0.2) is 39.9 Å². The average Bonchev–Trinajstić information content (AvgIpc) is 3.28. The summed E-state index contributed by atoms with van der Waals surface area (Å²) in [7, 11) is -3.83. The van der Waals surface area contributed by atoms with Gasteiger partial charge in [-0.2, -0.15) is 9.40 Å². The van der Waals surface area contributed by atoms with Crippen LogP contribution in [0.3, 0.4) is 0 Å². The van der Waals surface area contributed by atoms with E-state index in [1.165, 1.54) is 29.8 Å². The van der Waals surface area contributed by atoms with E-state index < -0.39 is 27.8 Å². The molecule has 0 aliphatic rings. The molecule has 0 saturated heterocycles. The SMILES string of the molecule is Cc1nnnn1-c1ccc(F)c(NC(=O)C(C)NS(=O)(=O)c2cccs2)c1. The molecule has 142 valence electrons. The van der Waals surface area contributed by atoms with Crippen LogP contribution >= 0.6 is 11.3 Å². The summed E-state index contributed by atoms with van der Waals surface area (Å²) in [5.41, 5.74) is 0.329. The number of hydrogen-bond donors (Lipinski definition) is 2. The number of nitrogens with one attached hydrogen (secondary N) is 2. The number of nitrogens with zero attached hydrogens (tertiary/aromatic N) is 4. The quantitative estimate of drug-likeness (QED) is 0.635. The molecule has 0 spiro atoms. The number of rotatable bonds is 6. The highest BCUT2D eigenvalue weighted by atomic mass is 32.2. The molecule has 3 aromatic rings. The number of thiophene rings is 1. The van der Waals surface area contributed by atoms with Crippen molar-refractivity contribution in [1.82, 2.24) is 24.9 Å². The molecule has 1 atom stereocenters. The van der Waals surface area contributed by atoms with Crippen molar-refractivity contribution in [2.45, 2.75) is 24.1 Å². The number of hydrogen-bond acceptors (Lipinski definition) is 7. The predicted octanol–water partition coefficient (Wildman–Crippen LogP) is 1.48. The molecule has 3 rings (SSSR count). The maximum Gasteiger partial charge on any atom is 0.250 e. The van der Waals surface area contributed by atoms with Gasteiger partial charge in [-0.3, -0.25) is 4.79 Å². The number of tetrazole rings is 1. The third kappa shape index (κ3) is 4.18. The monoisotopic (exact) mass is 410 g/mol. The van der Waals surface area contributed by atoms with Gasteiger partial charge in [-0.25, -0.2) is 12.8 Å². The Morgan fingerprint density at radius 2 is 2.11 bits per heavy atom. The lowest BCUT2D eigenvalue weighted by molar-refractivity contribution is -0.117. The second-order valence-electron chi connectivity index (χ2n) is 5.57. The Morgan fingerprint density at radius 1 is 1.33 bits per heavy atom. The van der Waals surface area contributed by atoms with E-state index in [1.807, 2.05) is 0 Å². The van der Waals surface area contributed by atoms with Crippen molar-refractivity contribution < 1.29 is 17.6 Å². The van der Waals surface area contributed by atoms with Gasteiger partial charge in [0.2, 0.25) is 5.91 Å². The Kier molecular flexibility index (Phi) is 5.30. The van der Waals surface area contributed by atoms with Crippen LogP contribution in [0.5, 0.6) is 0 Å². The van der Waals surface area contributed by atoms with Gasteiger partial charge in [0.15, 0.2) is 5.82 Å². The van der Waals surface area contributed by atoms with E-state index in [0.717, 1.165) is 17.4 Å². The molecule has 0 bridgehead atoms. The third-order valence-corrected chi connectivity index (χ3v) is 6.50. The van der Waals surface area contributed by atoms with Crippen LogP contribution in [0.4, 0.5) is 10.1 Å². The number of carbonyl (C=O) groups is 1. The van der Waals surface area contributed by atoms with Crippen LogP contribution in [-0.2, 0) is 14.8 Å². The molecule has 9 nitrogen and oxygen atoms in total. The van der Waals surface area contributed by atoms with Crippen molar-refractivity contribution >= 4 is 33.0 Å². The van der Waals surface area contributed by atoms with Crippen molar-refractivity contribution in [3.05, 3.63) is 47.4 Å². The van der Waals surface area contributed by atoms with Gasteiger partial charge in [0, 0.05) is 0 Å². The number of amides is 1. The molecular formula is C15H15FN6O3S2. The lowest BCUT2D eigenvalue weighted by Gasteiger charge is -2.15. The number of aryl methyl sites for hydroxylation is 1. The van der Waals surface area contributed by atoms with Crippen molar-refractivity contribution in [1.29, 1.82) is 0 Å². The lowest BCUT2D eigenvalue weighted by atomic mass is 10.2. The van der Waals surface area contributed by atoms with E-state index >= 15 is 0 Å². The fourth-order valence-electron chi connectivity index (χ4n) is 2.21. The fourth-order valence-corrected chi connectivity index (χ4v) is 4.43. The summed E-state index contributed by atoms with van der Waals surface area (Å²) in [5.74, 6) is -0.901. The number of carbonyl (C=O) groups excluding carboxylic acids is 1. The molecule has 0 radical (unpaired) electrons. The first-order chi connectivity index (χ1) is 12.8. The van der Waals surface area contributed by atoms with Crippen LogP contribution in [0.1, 0.15) is 12.7 Å². The van der Waals surface area contributed by atoms with E-state index in [4.69, 9.17) is 0 Å². The summed E-state index contributed by atoms with van der Waals surface area (Å²) in [4.78, 5) is 12.3. The molecule has 0 aliphatic carbocycles. The summed E-state index contributed by atoms with van der Waals surface area (Å²) >= 11 is 1.03. The van der Waals surface area contributed by atoms with E-state index in [0.29, 0.717) is 11.5 Å². The zero-order valence-electron chi connectivity index (χ0n) is 14.2. The van der Waals surface area contributed by atoms with Gasteiger partial charge in [0.1, 0.15) is 10.0 Å². The summed E-state index contributed by atoms with van der Waals surface area (Å²) in [6.07, 6.45) is 0. The Labute approximate surface area is 158 Å². The van der Waals surface area contributed by atoms with Crippen LogP contribution in [-0.4, -0.2) is 40.6 Å². The molecule has 0 saturated carbocycles. The molecule has 2 N–H and O–H groups in total. The minimum Gasteiger partial charge on any atom is -0.322 e. The lowest BCUT2D eigenvalue weighted by Crippen LogP contribution is -2.41. The average molecular weight is 410 g/mol. The highest BCUT2D eigenvalue weighted by Gasteiger charge is 2.23. The van der Waals surface area contributed by atoms with E-state index in [1.54, 1.807) is 18.4 Å². The minimum atomic E-state index is -3.83. The van der Waals surface area contributed by atoms with Crippen molar-refractivity contribution in [3.8, 4) is 5.69 Å². The highest BCUT2D eigenvalue weighted by molar-refractivity contribution is 7.91. The molecular weight excluding hydrogens is 395 g/mol. The van der Waals surface area contributed by atoms with Gasteiger partial charge >= 0.3 is 0 Å². The predicted molar refractivity (Wildman–Crippen MR) is 96.6 cm³/mol. The molecule has 1 amide bonds. The van der Waals surface area contributed by atoms with Gasteiger partial charge in [-0.1, -0.05) is 6.07 Å². The number of benzene rings is 1. The number of halogens is 1. The van der Waals surface area contributed by atoms with Crippen LogP contribution in [0, 0.1) is 12.7 Å². The van der Waals surface area contributed by atoms with E-state index in [9.17, 15) is 17.6 Å². The maximum atomic E-state index is 14.1. The second-order valence-corrected chi connectivity index (χ2v) is 8.45. The Morgan fingerprint density at radius 3 is 2.74 bits per heavy atom. The zero-order valence-corrected chi connectivity index (χ0v) is 15.9.